The number of hydrogen-bond acceptors (Lipinski definition) is 6. The van der Waals surface area contributed by atoms with E-state index in [0.29, 0.717) is 5.16 Å². The van der Waals surface area contributed by atoms with Gasteiger partial charge in [-0.2, -0.15) is 0 Å². The number of nitrogens with two attached hydrogens (primary N) is 1. The fourth-order valence-electron chi connectivity index (χ4n) is 2.20. The van der Waals surface area contributed by atoms with Crippen LogP contribution in [-0.2, 0) is 4.79 Å². The monoisotopic (exact) mass is 368 g/mol. The molecule has 3 aromatic rings. The third-order valence-electron chi connectivity index (χ3n) is 3.50. The summed E-state index contributed by atoms with van der Waals surface area (Å²) in [7, 11) is 0. The lowest BCUT2D eigenvalue weighted by Crippen LogP contribution is -2.13. The summed E-state index contributed by atoms with van der Waals surface area (Å²) in [6.45, 7) is 2.01. The summed E-state index contributed by atoms with van der Waals surface area (Å²) < 4.78 is 7.04. The van der Waals surface area contributed by atoms with Crippen molar-refractivity contribution in [3.05, 3.63) is 66.0 Å². The molecule has 0 radical (unpaired) electrons. The second-order valence-electron chi connectivity index (χ2n) is 5.47. The molecule has 26 heavy (non-hydrogen) atoms. The van der Waals surface area contributed by atoms with Gasteiger partial charge in [-0.05, 0) is 37.3 Å². The molecule has 0 atom stereocenters. The van der Waals surface area contributed by atoms with E-state index in [0.717, 1.165) is 11.3 Å². The summed E-state index contributed by atoms with van der Waals surface area (Å²) in [5.41, 5.74) is 7.55. The van der Waals surface area contributed by atoms with Crippen LogP contribution in [0.5, 0.6) is 5.75 Å². The van der Waals surface area contributed by atoms with Gasteiger partial charge < -0.3 is 10.5 Å². The first kappa shape index (κ1) is 17.7. The number of nitrogens with zero attached hydrogens (tertiary/aromatic N) is 3. The average molecular weight is 368 g/mol. The molecule has 0 bridgehead atoms. The Balaban J connectivity index is 1.64. The van der Waals surface area contributed by atoms with Gasteiger partial charge in [0, 0.05) is 11.3 Å². The molecule has 0 saturated carbocycles. The number of rotatable bonds is 6. The molecule has 3 rings (SSSR count). The first-order chi connectivity index (χ1) is 12.5. The molecule has 0 spiro atoms. The normalized spacial score (nSPS) is 10.5. The van der Waals surface area contributed by atoms with E-state index in [9.17, 15) is 9.59 Å². The minimum atomic E-state index is -0.580. The third-order valence-corrected chi connectivity index (χ3v) is 4.41. The molecule has 1 aromatic heterocycles. The van der Waals surface area contributed by atoms with Crippen molar-refractivity contribution >= 4 is 23.6 Å². The van der Waals surface area contributed by atoms with Crippen LogP contribution in [0.3, 0.4) is 0 Å². The minimum Gasteiger partial charge on any atom is -0.426 e. The molecular weight excluding hydrogens is 352 g/mol. The number of aryl methyl sites for hydroxylation is 1. The summed E-state index contributed by atoms with van der Waals surface area (Å²) >= 11 is 1.21. The highest BCUT2D eigenvalue weighted by Gasteiger charge is 2.12. The van der Waals surface area contributed by atoms with Crippen molar-refractivity contribution in [2.75, 3.05) is 5.75 Å². The highest BCUT2D eigenvalue weighted by molar-refractivity contribution is 7.99. The van der Waals surface area contributed by atoms with Gasteiger partial charge in [0.15, 0.2) is 5.16 Å². The van der Waals surface area contributed by atoms with E-state index in [2.05, 4.69) is 10.2 Å². The first-order valence-electron chi connectivity index (χ1n) is 7.73. The number of aromatic nitrogens is 3. The lowest BCUT2D eigenvalue weighted by atomic mass is 10.2. The second-order valence-corrected chi connectivity index (χ2v) is 6.42. The van der Waals surface area contributed by atoms with Gasteiger partial charge in [0.05, 0.1) is 5.75 Å². The number of carbonyl (C=O) groups is 2. The molecule has 7 nitrogen and oxygen atoms in total. The molecule has 8 heteroatoms. The summed E-state index contributed by atoms with van der Waals surface area (Å²) in [4.78, 5) is 23.2. The zero-order chi connectivity index (χ0) is 18.5. The van der Waals surface area contributed by atoms with Gasteiger partial charge in [-0.25, -0.2) is 0 Å². The maximum Gasteiger partial charge on any atom is 0.321 e. The Morgan fingerprint density at radius 1 is 1.19 bits per heavy atom. The van der Waals surface area contributed by atoms with Gasteiger partial charge in [-0.1, -0.05) is 35.5 Å². The topological polar surface area (TPSA) is 100 Å². The number of carbonyl (C=O) groups excluding carboxylic acids is 2. The van der Waals surface area contributed by atoms with Crippen LogP contribution in [0.1, 0.15) is 15.9 Å². The summed E-state index contributed by atoms with van der Waals surface area (Å²) in [6.07, 6.45) is 1.59. The quantitative estimate of drug-likeness (QED) is 0.407. The fraction of sp³-hybridized carbons (Fsp3) is 0.111. The molecule has 0 aliphatic carbocycles. The van der Waals surface area contributed by atoms with E-state index in [1.807, 2.05) is 31.2 Å². The Kier molecular flexibility index (Phi) is 5.33. The number of ether oxygens (including phenoxy) is 1. The second kappa shape index (κ2) is 7.83. The highest BCUT2D eigenvalue weighted by atomic mass is 32.2. The van der Waals surface area contributed by atoms with Crippen LogP contribution in [0.25, 0.3) is 5.69 Å². The van der Waals surface area contributed by atoms with Crippen molar-refractivity contribution in [1.29, 1.82) is 0 Å². The van der Waals surface area contributed by atoms with Crippen molar-refractivity contribution in [1.82, 2.24) is 14.8 Å². The number of esters is 1. The van der Waals surface area contributed by atoms with Crippen LogP contribution in [0.15, 0.2) is 60.0 Å². The first-order valence-corrected chi connectivity index (χ1v) is 8.72. The van der Waals surface area contributed by atoms with Crippen molar-refractivity contribution in [3.63, 3.8) is 0 Å². The van der Waals surface area contributed by atoms with E-state index in [1.54, 1.807) is 29.1 Å². The molecule has 0 fully saturated rings. The van der Waals surface area contributed by atoms with Crippen molar-refractivity contribution < 1.29 is 14.3 Å². The van der Waals surface area contributed by atoms with Crippen molar-refractivity contribution in [2.45, 2.75) is 12.1 Å². The molecule has 132 valence electrons. The van der Waals surface area contributed by atoms with Gasteiger partial charge in [0.1, 0.15) is 12.1 Å². The van der Waals surface area contributed by atoms with E-state index in [1.165, 1.54) is 17.8 Å². The maximum absolute atomic E-state index is 12.1. The van der Waals surface area contributed by atoms with Crippen LogP contribution < -0.4 is 10.5 Å². The van der Waals surface area contributed by atoms with Crippen LogP contribution >= 0.6 is 11.8 Å². The van der Waals surface area contributed by atoms with Crippen molar-refractivity contribution in [2.24, 2.45) is 5.73 Å². The average Bonchev–Trinajstić information content (AvgIpc) is 3.09. The van der Waals surface area contributed by atoms with Crippen LogP contribution in [0, 0.1) is 6.92 Å². The van der Waals surface area contributed by atoms with Gasteiger partial charge in [0.25, 0.3) is 0 Å². The molecular formula is C18H16N4O3S. The lowest BCUT2D eigenvalue weighted by Gasteiger charge is -2.07. The van der Waals surface area contributed by atoms with E-state index >= 15 is 0 Å². The molecule has 0 aliphatic rings. The lowest BCUT2D eigenvalue weighted by molar-refractivity contribution is -0.131. The zero-order valence-corrected chi connectivity index (χ0v) is 14.8. The SMILES string of the molecule is Cc1ccc(-n2cnnc2SCC(=O)Oc2cccc(C(N)=O)c2)cc1. The fourth-order valence-corrected chi connectivity index (χ4v) is 2.90. The van der Waals surface area contributed by atoms with E-state index in [-0.39, 0.29) is 17.1 Å². The molecule has 2 N–H and O–H groups in total. The van der Waals surface area contributed by atoms with E-state index in [4.69, 9.17) is 10.5 Å². The number of primary amides is 1. The Hall–Kier alpha value is -3.13. The largest absolute Gasteiger partial charge is 0.426 e. The van der Waals surface area contributed by atoms with Gasteiger partial charge in [-0.15, -0.1) is 10.2 Å². The Morgan fingerprint density at radius 3 is 2.69 bits per heavy atom. The van der Waals surface area contributed by atoms with Crippen LogP contribution in [0.4, 0.5) is 0 Å². The van der Waals surface area contributed by atoms with Gasteiger partial charge in [0.2, 0.25) is 5.91 Å². The molecule has 0 unspecified atom stereocenters. The molecule has 0 saturated heterocycles. The molecule has 1 amide bonds. The maximum atomic E-state index is 12.1. The Labute approximate surface area is 154 Å². The van der Waals surface area contributed by atoms with Crippen LogP contribution in [-0.4, -0.2) is 32.4 Å². The molecule has 1 heterocycles. The number of hydrogen-bond donors (Lipinski definition) is 1. The summed E-state index contributed by atoms with van der Waals surface area (Å²) in [5.74, 6) is -0.726. The number of amides is 1. The minimum absolute atomic E-state index is 0.0470. The summed E-state index contributed by atoms with van der Waals surface area (Å²) in [5, 5.41) is 8.52. The number of thioether (sulfide) groups is 1. The molecule has 0 aliphatic heterocycles. The molecule has 2 aromatic carbocycles. The van der Waals surface area contributed by atoms with Gasteiger partial charge in [-0.3, -0.25) is 14.2 Å². The smallest absolute Gasteiger partial charge is 0.321 e. The van der Waals surface area contributed by atoms with E-state index < -0.39 is 11.9 Å². The van der Waals surface area contributed by atoms with Crippen LogP contribution in [0.2, 0.25) is 0 Å². The third kappa shape index (κ3) is 4.28. The Morgan fingerprint density at radius 2 is 1.96 bits per heavy atom. The number of benzene rings is 2. The van der Waals surface area contributed by atoms with Crippen molar-refractivity contribution in [3.8, 4) is 11.4 Å². The Bertz CT molecular complexity index is 938. The predicted octanol–water partition coefficient (Wildman–Crippen LogP) is 2.37. The summed E-state index contributed by atoms with van der Waals surface area (Å²) in [6, 6.07) is 14.1. The van der Waals surface area contributed by atoms with Gasteiger partial charge >= 0.3 is 5.97 Å². The predicted molar refractivity (Wildman–Crippen MR) is 97.4 cm³/mol. The highest BCUT2D eigenvalue weighted by Crippen LogP contribution is 2.21. The zero-order valence-electron chi connectivity index (χ0n) is 14.0. The standard InChI is InChI=1S/C18H16N4O3S/c1-12-5-7-14(8-6-12)22-11-20-21-18(22)26-10-16(23)25-15-4-2-3-13(9-15)17(19)24/h2-9,11H,10H2,1H3,(H2,19,24).